The zero-order chi connectivity index (χ0) is 6.53. The number of nitrogens with one attached hydrogen (secondary N) is 1. The van der Waals surface area contributed by atoms with E-state index in [1.807, 2.05) is 0 Å². The molecule has 0 aromatic rings. The first-order valence-electron chi connectivity index (χ1n) is 3.70. The SMILES string of the molecule is FCCCC1CCNC1. The second-order valence-electron chi connectivity index (χ2n) is 2.69. The fourth-order valence-electron chi connectivity index (χ4n) is 1.33. The number of hydrogen-bond acceptors (Lipinski definition) is 1. The molecule has 1 saturated heterocycles. The summed E-state index contributed by atoms with van der Waals surface area (Å²) in [5.74, 6) is 0.765. The van der Waals surface area contributed by atoms with Crippen molar-refractivity contribution in [1.82, 2.24) is 5.32 Å². The van der Waals surface area contributed by atoms with Crippen LogP contribution in [0.2, 0.25) is 0 Å². The molecule has 1 aliphatic heterocycles. The fourth-order valence-corrected chi connectivity index (χ4v) is 1.33. The van der Waals surface area contributed by atoms with Gasteiger partial charge in [0.2, 0.25) is 0 Å². The quantitative estimate of drug-likeness (QED) is 0.609. The molecule has 0 aliphatic carbocycles. The Balaban J connectivity index is 1.98. The molecule has 1 atom stereocenters. The van der Waals surface area contributed by atoms with Crippen LogP contribution in [0, 0.1) is 5.92 Å². The summed E-state index contributed by atoms with van der Waals surface area (Å²) in [5.41, 5.74) is 0. The highest BCUT2D eigenvalue weighted by molar-refractivity contribution is 4.70. The second-order valence-corrected chi connectivity index (χ2v) is 2.69. The van der Waals surface area contributed by atoms with Gasteiger partial charge in [0.05, 0.1) is 6.67 Å². The highest BCUT2D eigenvalue weighted by atomic mass is 19.1. The highest BCUT2D eigenvalue weighted by Gasteiger charge is 2.12. The number of rotatable bonds is 3. The van der Waals surface area contributed by atoms with Crippen LogP contribution in [0.4, 0.5) is 4.39 Å². The molecule has 0 aromatic heterocycles. The van der Waals surface area contributed by atoms with Crippen molar-refractivity contribution in [2.45, 2.75) is 19.3 Å². The Bertz CT molecular complexity index is 69.3. The Morgan fingerprint density at radius 3 is 3.00 bits per heavy atom. The van der Waals surface area contributed by atoms with E-state index in [0.29, 0.717) is 0 Å². The maximum Gasteiger partial charge on any atom is 0.0894 e. The first-order chi connectivity index (χ1) is 4.43. The van der Waals surface area contributed by atoms with Crippen LogP contribution in [0.1, 0.15) is 19.3 Å². The largest absolute Gasteiger partial charge is 0.316 e. The average Bonchev–Trinajstić information content (AvgIpc) is 2.34. The highest BCUT2D eigenvalue weighted by Crippen LogP contribution is 2.13. The predicted octanol–water partition coefficient (Wildman–Crippen LogP) is 1.35. The Labute approximate surface area is 55.6 Å². The van der Waals surface area contributed by atoms with Gasteiger partial charge in [0.1, 0.15) is 0 Å². The van der Waals surface area contributed by atoms with E-state index in [-0.39, 0.29) is 6.67 Å². The van der Waals surface area contributed by atoms with Crippen molar-refractivity contribution in [3.63, 3.8) is 0 Å². The third kappa shape index (κ3) is 2.31. The van der Waals surface area contributed by atoms with E-state index in [2.05, 4.69) is 5.32 Å². The summed E-state index contributed by atoms with van der Waals surface area (Å²) in [6.07, 6.45) is 3.08. The first-order valence-corrected chi connectivity index (χ1v) is 3.70. The smallest absolute Gasteiger partial charge is 0.0894 e. The van der Waals surface area contributed by atoms with Crippen LogP contribution in [-0.4, -0.2) is 19.8 Å². The van der Waals surface area contributed by atoms with E-state index >= 15 is 0 Å². The van der Waals surface area contributed by atoms with E-state index < -0.39 is 0 Å². The minimum Gasteiger partial charge on any atom is -0.316 e. The lowest BCUT2D eigenvalue weighted by Gasteiger charge is -2.03. The van der Waals surface area contributed by atoms with E-state index in [4.69, 9.17) is 0 Å². The molecule has 9 heavy (non-hydrogen) atoms. The van der Waals surface area contributed by atoms with Crippen molar-refractivity contribution < 1.29 is 4.39 Å². The van der Waals surface area contributed by atoms with Gasteiger partial charge in [0.15, 0.2) is 0 Å². The van der Waals surface area contributed by atoms with Gasteiger partial charge in [-0.2, -0.15) is 0 Å². The number of hydrogen-bond donors (Lipinski definition) is 1. The lowest BCUT2D eigenvalue weighted by Crippen LogP contribution is -2.08. The van der Waals surface area contributed by atoms with Crippen molar-refractivity contribution in [1.29, 1.82) is 0 Å². The second kappa shape index (κ2) is 3.83. The van der Waals surface area contributed by atoms with Crippen LogP contribution in [-0.2, 0) is 0 Å². The fraction of sp³-hybridized carbons (Fsp3) is 1.00. The lowest BCUT2D eigenvalue weighted by molar-refractivity contribution is 0.417. The Hall–Kier alpha value is -0.110. The van der Waals surface area contributed by atoms with Gasteiger partial charge < -0.3 is 5.32 Å². The molecule has 1 unspecified atom stereocenters. The molecule has 1 N–H and O–H groups in total. The van der Waals surface area contributed by atoms with Crippen LogP contribution in [0.5, 0.6) is 0 Å². The summed E-state index contributed by atoms with van der Waals surface area (Å²) in [7, 11) is 0. The van der Waals surface area contributed by atoms with E-state index in [1.165, 1.54) is 6.42 Å². The first kappa shape index (κ1) is 7.00. The van der Waals surface area contributed by atoms with Gasteiger partial charge in [-0.3, -0.25) is 4.39 Å². The summed E-state index contributed by atoms with van der Waals surface area (Å²) in [6, 6.07) is 0. The maximum atomic E-state index is 11.6. The number of alkyl halides is 1. The zero-order valence-electron chi connectivity index (χ0n) is 5.70. The van der Waals surface area contributed by atoms with Gasteiger partial charge in [0, 0.05) is 0 Å². The molecule has 1 aliphatic rings. The third-order valence-electron chi connectivity index (χ3n) is 1.91. The van der Waals surface area contributed by atoms with Gasteiger partial charge in [-0.05, 0) is 38.3 Å². The monoisotopic (exact) mass is 131 g/mol. The molecule has 0 aromatic carbocycles. The molecule has 0 radical (unpaired) electrons. The molecule has 1 heterocycles. The van der Waals surface area contributed by atoms with Crippen LogP contribution in [0.15, 0.2) is 0 Å². The molecule has 2 heteroatoms. The average molecular weight is 131 g/mol. The molecule has 1 fully saturated rings. The van der Waals surface area contributed by atoms with Gasteiger partial charge >= 0.3 is 0 Å². The van der Waals surface area contributed by atoms with Gasteiger partial charge in [-0.25, -0.2) is 0 Å². The van der Waals surface area contributed by atoms with Gasteiger partial charge in [0.25, 0.3) is 0 Å². The zero-order valence-corrected chi connectivity index (χ0v) is 5.70. The summed E-state index contributed by atoms with van der Waals surface area (Å²) < 4.78 is 11.6. The van der Waals surface area contributed by atoms with Crippen LogP contribution >= 0.6 is 0 Å². The van der Waals surface area contributed by atoms with Crippen LogP contribution in [0.3, 0.4) is 0 Å². The molecule has 1 rings (SSSR count). The predicted molar refractivity (Wildman–Crippen MR) is 36.2 cm³/mol. The molecule has 0 amide bonds. The van der Waals surface area contributed by atoms with Crippen molar-refractivity contribution in [2.75, 3.05) is 19.8 Å². The standard InChI is InChI=1S/C7H14FN/c8-4-1-2-7-3-5-9-6-7/h7,9H,1-6H2. The summed E-state index contributed by atoms with van der Waals surface area (Å²) >= 11 is 0. The lowest BCUT2D eigenvalue weighted by atomic mass is 10.0. The summed E-state index contributed by atoms with van der Waals surface area (Å²) in [6.45, 7) is 2.10. The third-order valence-corrected chi connectivity index (χ3v) is 1.91. The molecule has 0 saturated carbocycles. The van der Waals surface area contributed by atoms with E-state index in [0.717, 1.165) is 31.8 Å². The minimum absolute atomic E-state index is 0.142. The molecule has 1 nitrogen and oxygen atoms in total. The summed E-state index contributed by atoms with van der Waals surface area (Å²) in [4.78, 5) is 0. The van der Waals surface area contributed by atoms with Gasteiger partial charge in [-0.15, -0.1) is 0 Å². The van der Waals surface area contributed by atoms with Crippen molar-refractivity contribution in [3.05, 3.63) is 0 Å². The molecular weight excluding hydrogens is 117 g/mol. The Morgan fingerprint density at radius 2 is 2.44 bits per heavy atom. The molecule has 0 spiro atoms. The van der Waals surface area contributed by atoms with E-state index in [9.17, 15) is 4.39 Å². The Kier molecular flexibility index (Phi) is 2.98. The Morgan fingerprint density at radius 1 is 1.56 bits per heavy atom. The number of halogens is 1. The molecule has 54 valence electrons. The van der Waals surface area contributed by atoms with Crippen LogP contribution in [0.25, 0.3) is 0 Å². The van der Waals surface area contributed by atoms with Crippen molar-refractivity contribution in [3.8, 4) is 0 Å². The molecule has 0 bridgehead atoms. The van der Waals surface area contributed by atoms with Crippen molar-refractivity contribution >= 4 is 0 Å². The van der Waals surface area contributed by atoms with E-state index in [1.54, 1.807) is 0 Å². The van der Waals surface area contributed by atoms with Crippen LogP contribution < -0.4 is 5.32 Å². The van der Waals surface area contributed by atoms with Crippen molar-refractivity contribution in [2.24, 2.45) is 5.92 Å². The van der Waals surface area contributed by atoms with Gasteiger partial charge in [-0.1, -0.05) is 0 Å². The minimum atomic E-state index is -0.142. The maximum absolute atomic E-state index is 11.6. The summed E-state index contributed by atoms with van der Waals surface area (Å²) in [5, 5.41) is 3.26. The topological polar surface area (TPSA) is 12.0 Å². The normalized spacial score (nSPS) is 27.0. The molecular formula is C7H14FN.